The van der Waals surface area contributed by atoms with E-state index in [2.05, 4.69) is 17.8 Å². The third-order valence-electron chi connectivity index (χ3n) is 2.64. The first kappa shape index (κ1) is 15.1. The Labute approximate surface area is 114 Å². The van der Waals surface area contributed by atoms with Gasteiger partial charge in [-0.1, -0.05) is 49.8 Å². The second-order valence-corrected chi connectivity index (χ2v) is 4.22. The highest BCUT2D eigenvalue weighted by Crippen LogP contribution is 2.04. The van der Waals surface area contributed by atoms with Crippen LogP contribution in [0.4, 0.5) is 4.79 Å². The number of ether oxygens (including phenoxy) is 1. The minimum absolute atomic E-state index is 0.444. The topological polar surface area (TPSA) is 50.4 Å². The fourth-order valence-corrected chi connectivity index (χ4v) is 1.51. The number of allylic oxidation sites excluding steroid dienone is 2. The molecule has 0 saturated heterocycles. The zero-order chi connectivity index (χ0) is 13.9. The number of hydrazine groups is 1. The molecular weight excluding hydrogens is 240 g/mol. The Bertz CT molecular complexity index is 402. The molecule has 104 valence electrons. The molecule has 0 aliphatic rings. The molecule has 0 fully saturated rings. The van der Waals surface area contributed by atoms with Gasteiger partial charge in [-0.3, -0.25) is 5.43 Å². The van der Waals surface area contributed by atoms with E-state index in [0.717, 1.165) is 25.0 Å². The molecule has 0 unspecified atom stereocenters. The van der Waals surface area contributed by atoms with Gasteiger partial charge in [-0.05, 0) is 18.9 Å². The summed E-state index contributed by atoms with van der Waals surface area (Å²) in [6.45, 7) is 4.43. The van der Waals surface area contributed by atoms with Gasteiger partial charge in [-0.25, -0.2) is 10.2 Å². The molecule has 0 aliphatic carbocycles. The van der Waals surface area contributed by atoms with Crippen LogP contribution in [0.5, 0.6) is 0 Å². The van der Waals surface area contributed by atoms with Crippen LogP contribution in [0.3, 0.4) is 0 Å². The molecule has 0 atom stereocenters. The zero-order valence-electron chi connectivity index (χ0n) is 11.6. The summed E-state index contributed by atoms with van der Waals surface area (Å²) in [6, 6.07) is 10.1. The van der Waals surface area contributed by atoms with Crippen molar-refractivity contribution >= 4 is 6.09 Å². The van der Waals surface area contributed by atoms with E-state index in [1.807, 2.05) is 43.3 Å². The molecular formula is C15H22N2O2. The Kier molecular flexibility index (Phi) is 7.17. The molecule has 1 aromatic rings. The first-order chi connectivity index (χ1) is 9.26. The van der Waals surface area contributed by atoms with Crippen LogP contribution < -0.4 is 10.9 Å². The molecule has 1 rings (SSSR count). The van der Waals surface area contributed by atoms with Gasteiger partial charge in [0.15, 0.2) is 0 Å². The second-order valence-electron chi connectivity index (χ2n) is 4.22. The fourth-order valence-electron chi connectivity index (χ4n) is 1.51. The van der Waals surface area contributed by atoms with Gasteiger partial charge in [-0.15, -0.1) is 0 Å². The third-order valence-corrected chi connectivity index (χ3v) is 2.64. The lowest BCUT2D eigenvalue weighted by atomic mass is 10.1. The molecule has 4 nitrogen and oxygen atoms in total. The summed E-state index contributed by atoms with van der Waals surface area (Å²) >= 11 is 0. The molecule has 0 bridgehead atoms. The lowest BCUT2D eigenvalue weighted by Crippen LogP contribution is -2.37. The predicted molar refractivity (Wildman–Crippen MR) is 76.4 cm³/mol. The smallest absolute Gasteiger partial charge is 0.425 e. The van der Waals surface area contributed by atoms with Crippen LogP contribution >= 0.6 is 0 Å². The van der Waals surface area contributed by atoms with Gasteiger partial charge in [-0.2, -0.15) is 0 Å². The van der Waals surface area contributed by atoms with Crippen molar-refractivity contribution < 1.29 is 9.53 Å². The normalized spacial score (nSPS) is 10.9. The van der Waals surface area contributed by atoms with Crippen molar-refractivity contribution in [3.05, 3.63) is 47.7 Å². The monoisotopic (exact) mass is 262 g/mol. The van der Waals surface area contributed by atoms with Crippen LogP contribution in [-0.4, -0.2) is 12.7 Å². The molecule has 0 saturated carbocycles. The van der Waals surface area contributed by atoms with E-state index < -0.39 is 6.09 Å². The first-order valence-electron chi connectivity index (χ1n) is 6.64. The molecule has 19 heavy (non-hydrogen) atoms. The summed E-state index contributed by atoms with van der Waals surface area (Å²) in [4.78, 5) is 11.4. The lowest BCUT2D eigenvalue weighted by molar-refractivity contribution is 0.141. The van der Waals surface area contributed by atoms with E-state index in [1.165, 1.54) is 5.56 Å². The number of rotatable bonds is 7. The summed E-state index contributed by atoms with van der Waals surface area (Å²) in [5.74, 6) is 0. The molecule has 0 spiro atoms. The van der Waals surface area contributed by atoms with E-state index >= 15 is 0 Å². The maximum Gasteiger partial charge on any atom is 0.425 e. The van der Waals surface area contributed by atoms with E-state index in [-0.39, 0.29) is 0 Å². The van der Waals surface area contributed by atoms with Gasteiger partial charge in [0.25, 0.3) is 0 Å². The highest BCUT2D eigenvalue weighted by molar-refractivity contribution is 5.66. The number of unbranched alkanes of at least 4 members (excludes halogenated alkanes) is 1. The van der Waals surface area contributed by atoms with E-state index in [0.29, 0.717) is 6.61 Å². The maximum atomic E-state index is 11.4. The van der Waals surface area contributed by atoms with Crippen LogP contribution in [-0.2, 0) is 11.2 Å². The van der Waals surface area contributed by atoms with Crippen molar-refractivity contribution in [3.63, 3.8) is 0 Å². The summed E-state index contributed by atoms with van der Waals surface area (Å²) in [6.07, 6.45) is 4.12. The molecule has 1 aromatic carbocycles. The number of carbonyl (C=O) groups is 1. The van der Waals surface area contributed by atoms with Crippen molar-refractivity contribution in [1.82, 2.24) is 10.9 Å². The fraction of sp³-hybridized carbons (Fsp3) is 0.400. The first-order valence-corrected chi connectivity index (χ1v) is 6.64. The predicted octanol–water partition coefficient (Wildman–Crippen LogP) is 3.16. The second kappa shape index (κ2) is 9.03. The summed E-state index contributed by atoms with van der Waals surface area (Å²) < 4.78 is 4.99. The highest BCUT2D eigenvalue weighted by Gasteiger charge is 2.02. The average Bonchev–Trinajstić information content (AvgIpc) is 2.45. The molecule has 4 heteroatoms. The van der Waals surface area contributed by atoms with E-state index in [4.69, 9.17) is 4.74 Å². The molecule has 0 radical (unpaired) electrons. The van der Waals surface area contributed by atoms with Crippen molar-refractivity contribution in [2.75, 3.05) is 6.61 Å². The Morgan fingerprint density at radius 3 is 2.63 bits per heavy atom. The molecule has 1 amide bonds. The standard InChI is InChI=1S/C15H22N2O2/c1-3-5-11-19-15(18)17-16-14(4-2)12-13-9-7-6-8-10-13/h4,6-10,16H,3,5,11-12H2,1-2H3,(H,17,18). The van der Waals surface area contributed by atoms with E-state index in [1.54, 1.807) is 0 Å². The van der Waals surface area contributed by atoms with Crippen LogP contribution in [0, 0.1) is 0 Å². The van der Waals surface area contributed by atoms with E-state index in [9.17, 15) is 4.79 Å². The minimum Gasteiger partial charge on any atom is -0.448 e. The van der Waals surface area contributed by atoms with Crippen LogP contribution in [0.25, 0.3) is 0 Å². The van der Waals surface area contributed by atoms with Crippen molar-refractivity contribution in [1.29, 1.82) is 0 Å². The quantitative estimate of drug-likeness (QED) is 0.586. The van der Waals surface area contributed by atoms with Gasteiger partial charge >= 0.3 is 6.09 Å². The van der Waals surface area contributed by atoms with Gasteiger partial charge in [0.2, 0.25) is 0 Å². The van der Waals surface area contributed by atoms with Crippen LogP contribution in [0.1, 0.15) is 32.3 Å². The Hall–Kier alpha value is -1.97. The highest BCUT2D eigenvalue weighted by atomic mass is 16.6. The zero-order valence-corrected chi connectivity index (χ0v) is 11.6. The number of carbonyl (C=O) groups excluding carboxylic acids is 1. The van der Waals surface area contributed by atoms with Gasteiger partial charge in [0.05, 0.1) is 6.61 Å². The number of amides is 1. The number of hydrogen-bond donors (Lipinski definition) is 2. The maximum absolute atomic E-state index is 11.4. The van der Waals surface area contributed by atoms with Gasteiger partial charge in [0, 0.05) is 12.1 Å². The Morgan fingerprint density at radius 2 is 2.00 bits per heavy atom. The number of nitrogens with one attached hydrogen (secondary N) is 2. The third kappa shape index (κ3) is 6.50. The minimum atomic E-state index is -0.444. The largest absolute Gasteiger partial charge is 0.448 e. The van der Waals surface area contributed by atoms with Crippen molar-refractivity contribution in [2.24, 2.45) is 0 Å². The van der Waals surface area contributed by atoms with Crippen molar-refractivity contribution in [3.8, 4) is 0 Å². The summed E-state index contributed by atoms with van der Waals surface area (Å²) in [5.41, 5.74) is 7.53. The number of hydrogen-bond acceptors (Lipinski definition) is 3. The molecule has 0 aromatic heterocycles. The van der Waals surface area contributed by atoms with Gasteiger partial charge in [0.1, 0.15) is 0 Å². The lowest BCUT2D eigenvalue weighted by Gasteiger charge is -2.12. The SMILES string of the molecule is CC=C(Cc1ccccc1)NNC(=O)OCCCC. The summed E-state index contributed by atoms with van der Waals surface area (Å²) in [7, 11) is 0. The number of benzene rings is 1. The Morgan fingerprint density at radius 1 is 1.26 bits per heavy atom. The van der Waals surface area contributed by atoms with Crippen LogP contribution in [0.15, 0.2) is 42.1 Å². The molecule has 0 heterocycles. The Balaban J connectivity index is 2.31. The van der Waals surface area contributed by atoms with Crippen LogP contribution in [0.2, 0.25) is 0 Å². The van der Waals surface area contributed by atoms with Gasteiger partial charge < -0.3 is 4.74 Å². The molecule has 0 aliphatic heterocycles. The molecule has 2 N–H and O–H groups in total. The van der Waals surface area contributed by atoms with Crippen molar-refractivity contribution in [2.45, 2.75) is 33.1 Å². The average molecular weight is 262 g/mol. The summed E-state index contributed by atoms with van der Waals surface area (Å²) in [5, 5.41) is 0.